The molecule has 1 aromatic rings. The van der Waals surface area contributed by atoms with Crippen LogP contribution >= 0.6 is 11.6 Å². The average molecular weight is 228 g/mol. The molecule has 0 heterocycles. The first kappa shape index (κ1) is 12.0. The lowest BCUT2D eigenvalue weighted by Crippen LogP contribution is -2.29. The number of nitrogens with two attached hydrogens (primary N) is 1. The SMILES string of the molecule is CCOc1ccc(C[C@@H](N)C(=O)Cl)cc1. The summed E-state index contributed by atoms with van der Waals surface area (Å²) >= 11 is 5.27. The van der Waals surface area contributed by atoms with Gasteiger partial charge in [0.1, 0.15) is 5.75 Å². The molecule has 0 saturated carbocycles. The molecule has 4 heteroatoms. The molecule has 0 spiro atoms. The molecule has 15 heavy (non-hydrogen) atoms. The van der Waals surface area contributed by atoms with Crippen molar-refractivity contribution in [3.8, 4) is 5.75 Å². The van der Waals surface area contributed by atoms with Gasteiger partial charge in [-0.25, -0.2) is 0 Å². The lowest BCUT2D eigenvalue weighted by Gasteiger charge is -2.07. The maximum atomic E-state index is 10.7. The first-order chi connectivity index (χ1) is 7.13. The van der Waals surface area contributed by atoms with Crippen LogP contribution in [0.2, 0.25) is 0 Å². The van der Waals surface area contributed by atoms with Gasteiger partial charge >= 0.3 is 0 Å². The fourth-order valence-electron chi connectivity index (χ4n) is 1.22. The van der Waals surface area contributed by atoms with E-state index in [4.69, 9.17) is 22.1 Å². The summed E-state index contributed by atoms with van der Waals surface area (Å²) in [5, 5.41) is -0.510. The zero-order valence-corrected chi connectivity index (χ0v) is 9.33. The topological polar surface area (TPSA) is 52.3 Å². The molecular weight excluding hydrogens is 214 g/mol. The average Bonchev–Trinajstić information content (AvgIpc) is 2.21. The Kier molecular flexibility index (Phi) is 4.59. The van der Waals surface area contributed by atoms with Crippen molar-refractivity contribution >= 4 is 16.8 Å². The Hall–Kier alpha value is -1.06. The fraction of sp³-hybridized carbons (Fsp3) is 0.364. The highest BCUT2D eigenvalue weighted by atomic mass is 35.5. The summed E-state index contributed by atoms with van der Waals surface area (Å²) in [5.41, 5.74) is 6.50. The molecule has 1 rings (SSSR count). The molecule has 0 aliphatic rings. The highest BCUT2D eigenvalue weighted by Gasteiger charge is 2.10. The Bertz CT molecular complexity index is 324. The number of benzene rings is 1. The summed E-state index contributed by atoms with van der Waals surface area (Å²) in [6.07, 6.45) is 0.453. The largest absolute Gasteiger partial charge is 0.494 e. The van der Waals surface area contributed by atoms with Crippen molar-refractivity contribution in [2.75, 3.05) is 6.61 Å². The van der Waals surface area contributed by atoms with E-state index in [0.29, 0.717) is 13.0 Å². The molecular formula is C11H14ClNO2. The predicted molar refractivity (Wildman–Crippen MR) is 60.2 cm³/mol. The van der Waals surface area contributed by atoms with E-state index < -0.39 is 11.3 Å². The molecule has 0 amide bonds. The first-order valence-electron chi connectivity index (χ1n) is 4.80. The van der Waals surface area contributed by atoms with Crippen LogP contribution in [0.4, 0.5) is 0 Å². The van der Waals surface area contributed by atoms with Crippen LogP contribution in [-0.2, 0) is 11.2 Å². The van der Waals surface area contributed by atoms with Crippen molar-refractivity contribution in [1.29, 1.82) is 0 Å². The molecule has 1 atom stereocenters. The molecule has 0 saturated heterocycles. The van der Waals surface area contributed by atoms with Gasteiger partial charge in [0.05, 0.1) is 12.6 Å². The van der Waals surface area contributed by atoms with Crippen LogP contribution in [0.3, 0.4) is 0 Å². The minimum absolute atomic E-state index is 0.453. The van der Waals surface area contributed by atoms with Gasteiger partial charge in [0.15, 0.2) is 0 Å². The summed E-state index contributed by atoms with van der Waals surface area (Å²) in [6.45, 7) is 2.56. The Morgan fingerprint density at radius 1 is 1.47 bits per heavy atom. The van der Waals surface area contributed by atoms with Gasteiger partial charge in [-0.1, -0.05) is 12.1 Å². The van der Waals surface area contributed by atoms with Gasteiger partial charge in [-0.05, 0) is 42.6 Å². The quantitative estimate of drug-likeness (QED) is 0.780. The summed E-state index contributed by atoms with van der Waals surface area (Å²) in [4.78, 5) is 10.7. The third kappa shape index (κ3) is 3.90. The van der Waals surface area contributed by atoms with E-state index in [1.165, 1.54) is 0 Å². The molecule has 0 aliphatic heterocycles. The van der Waals surface area contributed by atoms with Crippen LogP contribution in [0, 0.1) is 0 Å². The van der Waals surface area contributed by atoms with Gasteiger partial charge in [-0.2, -0.15) is 0 Å². The number of hydrogen-bond acceptors (Lipinski definition) is 3. The Morgan fingerprint density at radius 3 is 2.53 bits per heavy atom. The number of hydrogen-bond donors (Lipinski definition) is 1. The monoisotopic (exact) mass is 227 g/mol. The fourth-order valence-corrected chi connectivity index (χ4v) is 1.30. The van der Waals surface area contributed by atoms with Gasteiger partial charge < -0.3 is 10.5 Å². The lowest BCUT2D eigenvalue weighted by atomic mass is 10.1. The van der Waals surface area contributed by atoms with Crippen molar-refractivity contribution in [1.82, 2.24) is 0 Å². The standard InChI is InChI=1S/C11H14ClNO2/c1-2-15-9-5-3-8(4-6-9)7-10(13)11(12)14/h3-6,10H,2,7,13H2,1H3/t10-/m1/s1. The smallest absolute Gasteiger partial charge is 0.238 e. The molecule has 3 nitrogen and oxygen atoms in total. The maximum Gasteiger partial charge on any atom is 0.238 e. The molecule has 82 valence electrons. The van der Waals surface area contributed by atoms with E-state index in [0.717, 1.165) is 11.3 Å². The van der Waals surface area contributed by atoms with Gasteiger partial charge in [0, 0.05) is 0 Å². The van der Waals surface area contributed by atoms with Crippen LogP contribution < -0.4 is 10.5 Å². The number of rotatable bonds is 5. The number of ether oxygens (including phenoxy) is 1. The first-order valence-corrected chi connectivity index (χ1v) is 5.18. The van der Waals surface area contributed by atoms with E-state index in [2.05, 4.69) is 0 Å². The normalized spacial score (nSPS) is 12.2. The van der Waals surface area contributed by atoms with E-state index in [-0.39, 0.29) is 0 Å². The van der Waals surface area contributed by atoms with E-state index in [1.807, 2.05) is 31.2 Å². The Balaban J connectivity index is 2.60. The molecule has 0 unspecified atom stereocenters. The van der Waals surface area contributed by atoms with Crippen LogP contribution in [-0.4, -0.2) is 17.9 Å². The number of halogens is 1. The van der Waals surface area contributed by atoms with Crippen molar-refractivity contribution in [3.63, 3.8) is 0 Å². The van der Waals surface area contributed by atoms with Crippen LogP contribution in [0.25, 0.3) is 0 Å². The molecule has 0 radical (unpaired) electrons. The molecule has 1 aromatic carbocycles. The van der Waals surface area contributed by atoms with E-state index in [9.17, 15) is 4.79 Å². The van der Waals surface area contributed by atoms with Gasteiger partial charge in [0.25, 0.3) is 0 Å². The lowest BCUT2D eigenvalue weighted by molar-refractivity contribution is -0.112. The second-order valence-corrected chi connectivity index (χ2v) is 3.56. The van der Waals surface area contributed by atoms with Crippen LogP contribution in [0.1, 0.15) is 12.5 Å². The summed E-state index contributed by atoms with van der Waals surface area (Å²) in [6, 6.07) is 6.83. The van der Waals surface area contributed by atoms with Gasteiger partial charge in [0.2, 0.25) is 5.24 Å². The minimum atomic E-state index is -0.635. The Morgan fingerprint density at radius 2 is 2.07 bits per heavy atom. The van der Waals surface area contributed by atoms with Crippen molar-refractivity contribution < 1.29 is 9.53 Å². The molecule has 0 aliphatic carbocycles. The van der Waals surface area contributed by atoms with Crippen LogP contribution in [0.15, 0.2) is 24.3 Å². The van der Waals surface area contributed by atoms with E-state index >= 15 is 0 Å². The Labute approximate surface area is 94.2 Å². The zero-order chi connectivity index (χ0) is 11.3. The maximum absolute atomic E-state index is 10.7. The number of carbonyl (C=O) groups is 1. The van der Waals surface area contributed by atoms with Gasteiger partial charge in [-0.3, -0.25) is 4.79 Å². The molecule has 0 aromatic heterocycles. The highest BCUT2D eigenvalue weighted by Crippen LogP contribution is 2.13. The zero-order valence-electron chi connectivity index (χ0n) is 8.57. The second kappa shape index (κ2) is 5.73. The predicted octanol–water partition coefficient (Wildman–Crippen LogP) is 1.72. The van der Waals surface area contributed by atoms with Crippen molar-refractivity contribution in [2.45, 2.75) is 19.4 Å². The third-order valence-corrected chi connectivity index (χ3v) is 2.26. The van der Waals surface area contributed by atoms with Gasteiger partial charge in [-0.15, -0.1) is 0 Å². The third-order valence-electron chi connectivity index (χ3n) is 1.98. The summed E-state index contributed by atoms with van der Waals surface area (Å²) in [7, 11) is 0. The molecule has 0 bridgehead atoms. The van der Waals surface area contributed by atoms with E-state index in [1.54, 1.807) is 0 Å². The molecule has 0 fully saturated rings. The summed E-state index contributed by atoms with van der Waals surface area (Å²) in [5.74, 6) is 0.812. The van der Waals surface area contributed by atoms with Crippen molar-refractivity contribution in [2.24, 2.45) is 5.73 Å². The second-order valence-electron chi connectivity index (χ2n) is 3.19. The highest BCUT2D eigenvalue weighted by molar-refractivity contribution is 6.64. The summed E-state index contributed by atoms with van der Waals surface area (Å²) < 4.78 is 5.29. The van der Waals surface area contributed by atoms with Crippen LogP contribution in [0.5, 0.6) is 5.75 Å². The molecule has 2 N–H and O–H groups in total. The minimum Gasteiger partial charge on any atom is -0.494 e. The number of carbonyl (C=O) groups excluding carboxylic acids is 1. The van der Waals surface area contributed by atoms with Crippen molar-refractivity contribution in [3.05, 3.63) is 29.8 Å².